The number of rotatable bonds is 5. The van der Waals surface area contributed by atoms with E-state index in [1.54, 1.807) is 32.4 Å². The van der Waals surface area contributed by atoms with Crippen LogP contribution >= 0.6 is 23.2 Å². The lowest BCUT2D eigenvalue weighted by molar-refractivity contribution is 0.387. The number of nitrogens with one attached hydrogen (secondary N) is 1. The van der Waals surface area contributed by atoms with Gasteiger partial charge in [0.05, 0.1) is 20.3 Å². The molecule has 0 aliphatic rings. The fourth-order valence-corrected chi connectivity index (χ4v) is 2.66. The van der Waals surface area contributed by atoms with E-state index in [9.17, 15) is 0 Å². The van der Waals surface area contributed by atoms with Crippen LogP contribution in [0.25, 0.3) is 0 Å². The highest BCUT2D eigenvalue weighted by Crippen LogP contribution is 2.36. The highest BCUT2D eigenvalue weighted by atomic mass is 35.5. The molecular weight excluding hydrogens is 311 g/mol. The average molecular weight is 327 g/mol. The maximum absolute atomic E-state index is 6.26. The van der Waals surface area contributed by atoms with E-state index in [1.165, 1.54) is 0 Å². The fraction of sp³-hybridized carbons (Fsp3) is 0.200. The average Bonchev–Trinajstić information content (AvgIpc) is 2.50. The van der Waals surface area contributed by atoms with Crippen LogP contribution in [0.1, 0.15) is 17.2 Å². The van der Waals surface area contributed by atoms with Gasteiger partial charge in [0, 0.05) is 21.7 Å². The van der Waals surface area contributed by atoms with Gasteiger partial charge in [-0.3, -0.25) is 5.84 Å². The molecule has 6 heteroatoms. The molecule has 1 unspecified atom stereocenters. The molecule has 2 aromatic carbocycles. The number of ether oxygens (including phenoxy) is 2. The van der Waals surface area contributed by atoms with Gasteiger partial charge in [0.1, 0.15) is 11.5 Å². The number of hydrogen-bond acceptors (Lipinski definition) is 4. The second kappa shape index (κ2) is 7.00. The topological polar surface area (TPSA) is 56.5 Å². The first-order chi connectivity index (χ1) is 10.1. The van der Waals surface area contributed by atoms with E-state index >= 15 is 0 Å². The molecule has 0 saturated heterocycles. The molecule has 0 aliphatic heterocycles. The summed E-state index contributed by atoms with van der Waals surface area (Å²) in [6.45, 7) is 0. The van der Waals surface area contributed by atoms with Gasteiger partial charge < -0.3 is 9.47 Å². The molecule has 0 aliphatic carbocycles. The normalized spacial score (nSPS) is 12.0. The standard InChI is InChI=1S/C15H16Cl2N2O2/c1-20-10-4-6-12(14(8-10)21-2)15(19-18)11-5-3-9(16)7-13(11)17/h3-8,15,19H,18H2,1-2H3. The monoisotopic (exact) mass is 326 g/mol. The predicted octanol–water partition coefficient (Wildman–Crippen LogP) is 3.56. The first-order valence-electron chi connectivity index (χ1n) is 6.23. The molecule has 2 aromatic rings. The van der Waals surface area contributed by atoms with Gasteiger partial charge in [-0.1, -0.05) is 29.3 Å². The van der Waals surface area contributed by atoms with E-state index in [1.807, 2.05) is 18.2 Å². The molecule has 0 amide bonds. The molecule has 0 bridgehead atoms. The molecule has 21 heavy (non-hydrogen) atoms. The van der Waals surface area contributed by atoms with Crippen LogP contribution in [0.5, 0.6) is 11.5 Å². The number of hydrogen-bond donors (Lipinski definition) is 2. The number of hydrazine groups is 1. The molecule has 1 atom stereocenters. The summed E-state index contributed by atoms with van der Waals surface area (Å²) in [7, 11) is 3.19. The number of nitrogens with two attached hydrogens (primary N) is 1. The van der Waals surface area contributed by atoms with Gasteiger partial charge in [-0.15, -0.1) is 0 Å². The van der Waals surface area contributed by atoms with Crippen molar-refractivity contribution in [1.29, 1.82) is 0 Å². The Kier molecular flexibility index (Phi) is 5.31. The third kappa shape index (κ3) is 3.41. The Bertz CT molecular complexity index is 635. The van der Waals surface area contributed by atoms with E-state index in [0.29, 0.717) is 21.5 Å². The van der Waals surface area contributed by atoms with Gasteiger partial charge in [0.2, 0.25) is 0 Å². The Morgan fingerprint density at radius 3 is 2.29 bits per heavy atom. The minimum atomic E-state index is -0.323. The van der Waals surface area contributed by atoms with E-state index in [-0.39, 0.29) is 6.04 Å². The molecule has 112 valence electrons. The summed E-state index contributed by atoms with van der Waals surface area (Å²) in [5.41, 5.74) is 4.42. The first kappa shape index (κ1) is 15.9. The molecule has 0 fully saturated rings. The third-order valence-electron chi connectivity index (χ3n) is 3.19. The summed E-state index contributed by atoms with van der Waals surface area (Å²) in [6.07, 6.45) is 0. The van der Waals surface area contributed by atoms with Crippen LogP contribution in [0.3, 0.4) is 0 Å². The van der Waals surface area contributed by atoms with Crippen molar-refractivity contribution in [3.05, 3.63) is 57.6 Å². The fourth-order valence-electron chi connectivity index (χ4n) is 2.14. The van der Waals surface area contributed by atoms with Crippen LogP contribution in [0.2, 0.25) is 10.0 Å². The second-order valence-electron chi connectivity index (χ2n) is 4.37. The quantitative estimate of drug-likeness (QED) is 0.651. The van der Waals surface area contributed by atoms with Gasteiger partial charge in [-0.2, -0.15) is 0 Å². The van der Waals surface area contributed by atoms with Crippen LogP contribution in [-0.2, 0) is 0 Å². The Morgan fingerprint density at radius 2 is 1.71 bits per heavy atom. The van der Waals surface area contributed by atoms with Crippen molar-refractivity contribution in [1.82, 2.24) is 5.43 Å². The van der Waals surface area contributed by atoms with Crippen molar-refractivity contribution < 1.29 is 9.47 Å². The first-order valence-corrected chi connectivity index (χ1v) is 6.99. The SMILES string of the molecule is COc1ccc(C(NN)c2ccc(Cl)cc2Cl)c(OC)c1. The van der Waals surface area contributed by atoms with Crippen molar-refractivity contribution >= 4 is 23.2 Å². The van der Waals surface area contributed by atoms with Crippen LogP contribution in [0.4, 0.5) is 0 Å². The summed E-state index contributed by atoms with van der Waals surface area (Å²) in [6, 6.07) is 10.5. The van der Waals surface area contributed by atoms with Crippen molar-refractivity contribution in [3.8, 4) is 11.5 Å². The van der Waals surface area contributed by atoms with E-state index in [4.69, 9.17) is 38.5 Å². The minimum Gasteiger partial charge on any atom is -0.497 e. The highest BCUT2D eigenvalue weighted by Gasteiger charge is 2.20. The van der Waals surface area contributed by atoms with Crippen molar-refractivity contribution in [3.63, 3.8) is 0 Å². The Labute approximate surface area is 133 Å². The Balaban J connectivity index is 2.50. The maximum Gasteiger partial charge on any atom is 0.127 e. The molecular formula is C15H16Cl2N2O2. The molecule has 0 saturated carbocycles. The van der Waals surface area contributed by atoms with Gasteiger partial charge in [-0.25, -0.2) is 5.43 Å². The molecule has 0 heterocycles. The largest absolute Gasteiger partial charge is 0.497 e. The summed E-state index contributed by atoms with van der Waals surface area (Å²) in [5.74, 6) is 7.07. The van der Waals surface area contributed by atoms with Crippen LogP contribution in [0.15, 0.2) is 36.4 Å². The summed E-state index contributed by atoms with van der Waals surface area (Å²) in [5, 5.41) is 1.10. The Morgan fingerprint density at radius 1 is 1.00 bits per heavy atom. The third-order valence-corrected chi connectivity index (χ3v) is 3.75. The van der Waals surface area contributed by atoms with Crippen LogP contribution in [0, 0.1) is 0 Å². The summed E-state index contributed by atoms with van der Waals surface area (Å²) >= 11 is 12.2. The lowest BCUT2D eigenvalue weighted by atomic mass is 9.98. The van der Waals surface area contributed by atoms with E-state index < -0.39 is 0 Å². The molecule has 2 rings (SSSR count). The van der Waals surface area contributed by atoms with Crippen molar-refractivity contribution in [2.75, 3.05) is 14.2 Å². The smallest absolute Gasteiger partial charge is 0.127 e. The zero-order chi connectivity index (χ0) is 15.4. The Hall–Kier alpha value is -1.46. The van der Waals surface area contributed by atoms with Gasteiger partial charge >= 0.3 is 0 Å². The summed E-state index contributed by atoms with van der Waals surface area (Å²) < 4.78 is 10.6. The lowest BCUT2D eigenvalue weighted by Gasteiger charge is -2.21. The second-order valence-corrected chi connectivity index (χ2v) is 5.22. The zero-order valence-corrected chi connectivity index (χ0v) is 13.2. The van der Waals surface area contributed by atoms with Crippen LogP contribution in [-0.4, -0.2) is 14.2 Å². The maximum atomic E-state index is 6.26. The molecule has 0 aromatic heterocycles. The molecule has 0 spiro atoms. The van der Waals surface area contributed by atoms with Crippen molar-refractivity contribution in [2.45, 2.75) is 6.04 Å². The number of methoxy groups -OCH3 is 2. The zero-order valence-electron chi connectivity index (χ0n) is 11.7. The van der Waals surface area contributed by atoms with Gasteiger partial charge in [0.15, 0.2) is 0 Å². The van der Waals surface area contributed by atoms with Gasteiger partial charge in [0.25, 0.3) is 0 Å². The molecule has 3 N–H and O–H groups in total. The van der Waals surface area contributed by atoms with Crippen LogP contribution < -0.4 is 20.7 Å². The molecule has 4 nitrogen and oxygen atoms in total. The number of benzene rings is 2. The van der Waals surface area contributed by atoms with E-state index in [0.717, 1.165) is 11.1 Å². The van der Waals surface area contributed by atoms with Crippen molar-refractivity contribution in [2.24, 2.45) is 5.84 Å². The minimum absolute atomic E-state index is 0.323. The van der Waals surface area contributed by atoms with Gasteiger partial charge in [-0.05, 0) is 29.8 Å². The number of halogens is 2. The predicted molar refractivity (Wildman–Crippen MR) is 85.2 cm³/mol. The summed E-state index contributed by atoms with van der Waals surface area (Å²) in [4.78, 5) is 0. The molecule has 0 radical (unpaired) electrons. The highest BCUT2D eigenvalue weighted by molar-refractivity contribution is 6.35. The van der Waals surface area contributed by atoms with E-state index in [2.05, 4.69) is 5.43 Å². The lowest BCUT2D eigenvalue weighted by Crippen LogP contribution is -2.29.